The van der Waals surface area contributed by atoms with Crippen LogP contribution in [0.4, 0.5) is 0 Å². The molecule has 1 saturated carbocycles. The molecule has 1 fully saturated rings. The first kappa shape index (κ1) is 20.2. The van der Waals surface area contributed by atoms with Crippen LogP contribution in [0.15, 0.2) is 78.9 Å². The van der Waals surface area contributed by atoms with E-state index >= 15 is 0 Å². The summed E-state index contributed by atoms with van der Waals surface area (Å²) in [6, 6.07) is 28.4. The first-order valence-corrected chi connectivity index (χ1v) is 11.5. The number of halogens is 1. The molecular weight excluding hydrogens is 372 g/mol. The smallest absolute Gasteiger partial charge is 0.0450 e. The van der Waals surface area contributed by atoms with Gasteiger partial charge in [0.1, 0.15) is 0 Å². The number of hydrogen-bond acceptors (Lipinski definition) is 0. The largest absolute Gasteiger partial charge is 0.0840 e. The zero-order valence-electron chi connectivity index (χ0n) is 17.4. The van der Waals surface area contributed by atoms with Crippen molar-refractivity contribution in [2.45, 2.75) is 63.2 Å². The van der Waals surface area contributed by atoms with Gasteiger partial charge >= 0.3 is 0 Å². The van der Waals surface area contributed by atoms with E-state index in [0.717, 1.165) is 10.6 Å². The molecule has 1 heteroatoms. The van der Waals surface area contributed by atoms with Crippen molar-refractivity contribution in [3.63, 3.8) is 0 Å². The molecule has 0 radical (unpaired) electrons. The molecule has 0 aromatic heterocycles. The van der Waals surface area contributed by atoms with Crippen LogP contribution in [0.1, 0.15) is 80.0 Å². The Morgan fingerprint density at radius 3 is 1.86 bits per heavy atom. The lowest BCUT2D eigenvalue weighted by molar-refractivity contribution is 0.455. The molecule has 0 saturated heterocycles. The maximum atomic E-state index is 6.70. The molecule has 0 N–H and O–H groups in total. The quantitative estimate of drug-likeness (QED) is 0.383. The van der Waals surface area contributed by atoms with Gasteiger partial charge in [-0.25, -0.2) is 0 Å². The van der Waals surface area contributed by atoms with Crippen LogP contribution >= 0.6 is 11.6 Å². The predicted octanol–water partition coefficient (Wildman–Crippen LogP) is 8.52. The Kier molecular flexibility index (Phi) is 6.40. The van der Waals surface area contributed by atoms with Crippen LogP contribution in [0.25, 0.3) is 0 Å². The highest BCUT2D eigenvalue weighted by Crippen LogP contribution is 2.42. The van der Waals surface area contributed by atoms with E-state index in [-0.39, 0.29) is 5.41 Å². The fourth-order valence-corrected chi connectivity index (χ4v) is 5.32. The topological polar surface area (TPSA) is 0 Å². The van der Waals surface area contributed by atoms with Gasteiger partial charge in [0.15, 0.2) is 0 Å². The lowest BCUT2D eigenvalue weighted by Gasteiger charge is -2.33. The summed E-state index contributed by atoms with van der Waals surface area (Å²) in [5, 5.41) is 0.822. The molecule has 0 heterocycles. The highest BCUT2D eigenvalue weighted by atomic mass is 35.5. The van der Waals surface area contributed by atoms with E-state index in [4.69, 9.17) is 11.6 Å². The predicted molar refractivity (Wildman–Crippen MR) is 125 cm³/mol. The highest BCUT2D eigenvalue weighted by Gasteiger charge is 2.33. The molecule has 3 aromatic rings. The van der Waals surface area contributed by atoms with Gasteiger partial charge < -0.3 is 0 Å². The Hall–Kier alpha value is -2.05. The average Bonchev–Trinajstić information content (AvgIpc) is 2.74. The molecule has 3 aromatic carbocycles. The van der Waals surface area contributed by atoms with E-state index in [1.54, 1.807) is 0 Å². The standard InChI is InChI=1S/C28H31Cl/c1-28(24-14-8-5-9-15-24,26-16-10-11-17-27(26)29)25-20-18-23(19-21-25)22-12-6-3-2-4-7-13-22/h5,8-11,14-22H,2-4,6-7,12-13H2,1H3. The summed E-state index contributed by atoms with van der Waals surface area (Å²) < 4.78 is 0. The Morgan fingerprint density at radius 1 is 0.655 bits per heavy atom. The lowest BCUT2D eigenvalue weighted by Crippen LogP contribution is -2.25. The maximum Gasteiger partial charge on any atom is 0.0450 e. The van der Waals surface area contributed by atoms with Crippen LogP contribution in [0.5, 0.6) is 0 Å². The molecule has 150 valence electrons. The van der Waals surface area contributed by atoms with Crippen LogP contribution in [0.2, 0.25) is 5.02 Å². The zero-order chi connectivity index (χ0) is 20.1. The second-order valence-corrected chi connectivity index (χ2v) is 9.04. The Balaban J connectivity index is 1.73. The van der Waals surface area contributed by atoms with E-state index in [0.29, 0.717) is 5.92 Å². The summed E-state index contributed by atoms with van der Waals surface area (Å²) in [7, 11) is 0. The van der Waals surface area contributed by atoms with Crippen molar-refractivity contribution in [2.75, 3.05) is 0 Å². The SMILES string of the molecule is CC(c1ccccc1)(c1ccc(C2CCCCCCC2)cc1)c1ccccc1Cl. The normalized spacial score (nSPS) is 17.9. The summed E-state index contributed by atoms with van der Waals surface area (Å²) >= 11 is 6.70. The monoisotopic (exact) mass is 402 g/mol. The van der Waals surface area contributed by atoms with Gasteiger partial charge in [-0.05, 0) is 54.0 Å². The zero-order valence-corrected chi connectivity index (χ0v) is 18.2. The van der Waals surface area contributed by atoms with Crippen molar-refractivity contribution in [3.8, 4) is 0 Å². The van der Waals surface area contributed by atoms with Gasteiger partial charge in [0.2, 0.25) is 0 Å². The van der Waals surface area contributed by atoms with Crippen LogP contribution < -0.4 is 0 Å². The second-order valence-electron chi connectivity index (χ2n) is 8.63. The van der Waals surface area contributed by atoms with Gasteiger partial charge in [-0.15, -0.1) is 0 Å². The van der Waals surface area contributed by atoms with Crippen molar-refractivity contribution in [2.24, 2.45) is 0 Å². The maximum absolute atomic E-state index is 6.70. The van der Waals surface area contributed by atoms with Crippen molar-refractivity contribution >= 4 is 11.6 Å². The Morgan fingerprint density at radius 2 is 1.21 bits per heavy atom. The third-order valence-corrected chi connectivity index (χ3v) is 7.16. The molecule has 4 rings (SSSR count). The van der Waals surface area contributed by atoms with E-state index in [2.05, 4.69) is 73.7 Å². The van der Waals surface area contributed by atoms with Gasteiger partial charge in [-0.3, -0.25) is 0 Å². The molecule has 0 spiro atoms. The summed E-state index contributed by atoms with van der Waals surface area (Å²) in [5.41, 5.74) is 4.95. The highest BCUT2D eigenvalue weighted by molar-refractivity contribution is 6.31. The average molecular weight is 403 g/mol. The van der Waals surface area contributed by atoms with Crippen molar-refractivity contribution in [1.29, 1.82) is 0 Å². The number of benzene rings is 3. The van der Waals surface area contributed by atoms with Gasteiger partial charge in [-0.1, -0.05) is 117 Å². The molecular formula is C28H31Cl. The molecule has 0 amide bonds. The van der Waals surface area contributed by atoms with Gasteiger partial charge in [0.25, 0.3) is 0 Å². The van der Waals surface area contributed by atoms with E-state index in [1.165, 1.54) is 61.6 Å². The molecule has 1 atom stereocenters. The Labute approximate surface area is 180 Å². The van der Waals surface area contributed by atoms with Crippen LogP contribution in [0, 0.1) is 0 Å². The molecule has 1 unspecified atom stereocenters. The minimum Gasteiger partial charge on any atom is -0.0840 e. The van der Waals surface area contributed by atoms with Crippen LogP contribution in [0.3, 0.4) is 0 Å². The number of hydrogen-bond donors (Lipinski definition) is 0. The van der Waals surface area contributed by atoms with Gasteiger partial charge in [0.05, 0.1) is 0 Å². The van der Waals surface area contributed by atoms with Gasteiger partial charge in [0, 0.05) is 10.4 Å². The first-order chi connectivity index (χ1) is 14.2. The second kappa shape index (κ2) is 9.18. The molecule has 0 nitrogen and oxygen atoms in total. The fourth-order valence-electron chi connectivity index (χ4n) is 4.99. The third kappa shape index (κ3) is 4.28. The minimum absolute atomic E-state index is 0.279. The summed E-state index contributed by atoms with van der Waals surface area (Å²) in [6.45, 7) is 2.30. The molecule has 29 heavy (non-hydrogen) atoms. The summed E-state index contributed by atoms with van der Waals surface area (Å²) in [5.74, 6) is 0.715. The minimum atomic E-state index is -0.279. The lowest BCUT2D eigenvalue weighted by atomic mass is 9.70. The summed E-state index contributed by atoms with van der Waals surface area (Å²) in [6.07, 6.45) is 9.61. The number of rotatable bonds is 4. The van der Waals surface area contributed by atoms with Crippen molar-refractivity contribution in [3.05, 3.63) is 106 Å². The molecule has 0 bridgehead atoms. The van der Waals surface area contributed by atoms with E-state index < -0.39 is 0 Å². The Bertz CT molecular complexity index is 905. The van der Waals surface area contributed by atoms with Crippen molar-refractivity contribution in [1.82, 2.24) is 0 Å². The van der Waals surface area contributed by atoms with Crippen molar-refractivity contribution < 1.29 is 0 Å². The molecule has 1 aliphatic rings. The van der Waals surface area contributed by atoms with E-state index in [1.807, 2.05) is 12.1 Å². The first-order valence-electron chi connectivity index (χ1n) is 11.1. The van der Waals surface area contributed by atoms with Gasteiger partial charge in [-0.2, -0.15) is 0 Å². The van der Waals surface area contributed by atoms with Crippen LogP contribution in [-0.4, -0.2) is 0 Å². The fraction of sp³-hybridized carbons (Fsp3) is 0.357. The van der Waals surface area contributed by atoms with Crippen LogP contribution in [-0.2, 0) is 5.41 Å². The third-order valence-electron chi connectivity index (χ3n) is 6.83. The molecule has 1 aliphatic carbocycles. The summed E-state index contributed by atoms with van der Waals surface area (Å²) in [4.78, 5) is 0. The van der Waals surface area contributed by atoms with E-state index in [9.17, 15) is 0 Å². The molecule has 0 aliphatic heterocycles.